The molecule has 0 spiro atoms. The van der Waals surface area contributed by atoms with E-state index in [2.05, 4.69) is 0 Å². The number of carbonyl (C=O) groups is 2. The molecule has 1 aromatic heterocycles. The molecule has 0 aromatic carbocycles. The summed E-state index contributed by atoms with van der Waals surface area (Å²) in [5.74, 6) is 0.285. The van der Waals surface area contributed by atoms with Crippen LogP contribution in [0.1, 0.15) is 54.3 Å². The first-order valence-corrected chi connectivity index (χ1v) is 7.82. The smallest absolute Gasteiger partial charge is 0.264 e. The number of nitrogens with zero attached hydrogens (tertiary/aromatic N) is 1. The second kappa shape index (κ2) is 6.33. The highest BCUT2D eigenvalue weighted by Gasteiger charge is 2.28. The van der Waals surface area contributed by atoms with Crippen molar-refractivity contribution in [2.45, 2.75) is 52.0 Å². The Balaban J connectivity index is 2.20. The number of likely N-dealkylation sites (tertiary alicyclic amines) is 1. The Hall–Kier alpha value is -1.16. The summed E-state index contributed by atoms with van der Waals surface area (Å²) in [6.45, 7) is 4.37. The molecule has 19 heavy (non-hydrogen) atoms. The number of Topliss-reactive ketones (excluding diaryl/α,β-unsaturated/α-hetero) is 1. The lowest BCUT2D eigenvalue weighted by Gasteiger charge is -2.29. The van der Waals surface area contributed by atoms with E-state index in [-0.39, 0.29) is 17.7 Å². The van der Waals surface area contributed by atoms with E-state index < -0.39 is 0 Å². The molecule has 0 aliphatic carbocycles. The fourth-order valence-corrected chi connectivity index (χ4v) is 3.59. The largest absolute Gasteiger partial charge is 0.335 e. The summed E-state index contributed by atoms with van der Waals surface area (Å²) in [6, 6.07) is 2.07. The van der Waals surface area contributed by atoms with Crippen molar-refractivity contribution in [2.24, 2.45) is 0 Å². The summed E-state index contributed by atoms with van der Waals surface area (Å²) in [5.41, 5.74) is 1.04. The van der Waals surface area contributed by atoms with Crippen molar-refractivity contribution in [3.05, 3.63) is 21.9 Å². The number of aryl methyl sites for hydroxylation is 1. The van der Waals surface area contributed by atoms with Crippen molar-refractivity contribution in [3.63, 3.8) is 0 Å². The minimum Gasteiger partial charge on any atom is -0.335 e. The van der Waals surface area contributed by atoms with Gasteiger partial charge in [-0.25, -0.2) is 0 Å². The van der Waals surface area contributed by atoms with Crippen LogP contribution < -0.4 is 0 Å². The van der Waals surface area contributed by atoms with E-state index in [1.807, 2.05) is 23.3 Å². The first kappa shape index (κ1) is 14.3. The highest BCUT2D eigenvalue weighted by molar-refractivity contribution is 7.12. The summed E-state index contributed by atoms with van der Waals surface area (Å²) in [6.07, 6.45) is 4.77. The molecule has 1 fully saturated rings. The number of rotatable bonds is 3. The molecule has 4 heteroatoms. The number of thiophene rings is 1. The van der Waals surface area contributed by atoms with Crippen molar-refractivity contribution >= 4 is 23.0 Å². The lowest BCUT2D eigenvalue weighted by molar-refractivity contribution is -0.118. The monoisotopic (exact) mass is 279 g/mol. The first-order valence-electron chi connectivity index (χ1n) is 6.94. The lowest BCUT2D eigenvalue weighted by Crippen LogP contribution is -2.40. The number of ketones is 1. The van der Waals surface area contributed by atoms with E-state index in [0.29, 0.717) is 6.42 Å². The maximum atomic E-state index is 12.7. The summed E-state index contributed by atoms with van der Waals surface area (Å²) < 4.78 is 0. The quantitative estimate of drug-likeness (QED) is 0.850. The second-order valence-electron chi connectivity index (χ2n) is 5.34. The van der Waals surface area contributed by atoms with Gasteiger partial charge in [-0.3, -0.25) is 9.59 Å². The van der Waals surface area contributed by atoms with Crippen LogP contribution in [0.3, 0.4) is 0 Å². The fraction of sp³-hybridized carbons (Fsp3) is 0.600. The SMILES string of the molecule is CC(=O)CC1CCCCCN1C(=O)c1sccc1C. The van der Waals surface area contributed by atoms with Gasteiger partial charge >= 0.3 is 0 Å². The number of amides is 1. The molecule has 0 saturated carbocycles. The predicted molar refractivity (Wildman–Crippen MR) is 77.6 cm³/mol. The Bertz CT molecular complexity index is 466. The number of hydrogen-bond donors (Lipinski definition) is 0. The van der Waals surface area contributed by atoms with Crippen LogP contribution in [-0.4, -0.2) is 29.2 Å². The molecule has 0 N–H and O–H groups in total. The second-order valence-corrected chi connectivity index (χ2v) is 6.26. The van der Waals surface area contributed by atoms with Gasteiger partial charge in [0.2, 0.25) is 0 Å². The van der Waals surface area contributed by atoms with Gasteiger partial charge in [0.15, 0.2) is 0 Å². The Morgan fingerprint density at radius 3 is 2.79 bits per heavy atom. The van der Waals surface area contributed by atoms with Crippen molar-refractivity contribution in [2.75, 3.05) is 6.54 Å². The van der Waals surface area contributed by atoms with Gasteiger partial charge in [-0.05, 0) is 43.7 Å². The molecule has 1 unspecified atom stereocenters. The van der Waals surface area contributed by atoms with Crippen molar-refractivity contribution < 1.29 is 9.59 Å². The van der Waals surface area contributed by atoms with E-state index in [4.69, 9.17) is 0 Å². The van der Waals surface area contributed by atoms with Crippen molar-refractivity contribution in [1.82, 2.24) is 4.90 Å². The van der Waals surface area contributed by atoms with Gasteiger partial charge < -0.3 is 4.90 Å². The molecule has 3 nitrogen and oxygen atoms in total. The molecule has 1 aliphatic heterocycles. The molecular formula is C15H21NO2S. The molecule has 2 heterocycles. The summed E-state index contributed by atoms with van der Waals surface area (Å²) in [7, 11) is 0. The molecule has 1 amide bonds. The maximum Gasteiger partial charge on any atom is 0.264 e. The molecule has 0 radical (unpaired) electrons. The average molecular weight is 279 g/mol. The van der Waals surface area contributed by atoms with Crippen LogP contribution in [0.2, 0.25) is 0 Å². The van der Waals surface area contributed by atoms with E-state index in [1.54, 1.807) is 6.92 Å². The molecule has 1 aromatic rings. The zero-order valence-electron chi connectivity index (χ0n) is 11.6. The van der Waals surface area contributed by atoms with Crippen LogP contribution in [0.25, 0.3) is 0 Å². The normalized spacial score (nSPS) is 20.1. The molecule has 1 atom stereocenters. The maximum absolute atomic E-state index is 12.7. The van der Waals surface area contributed by atoms with Crippen LogP contribution >= 0.6 is 11.3 Å². The molecule has 104 valence electrons. The zero-order chi connectivity index (χ0) is 13.8. The van der Waals surface area contributed by atoms with Gasteiger partial charge in [-0.15, -0.1) is 11.3 Å². The summed E-state index contributed by atoms with van der Waals surface area (Å²) >= 11 is 1.50. The third kappa shape index (κ3) is 3.44. The molecule has 2 rings (SSSR count). The predicted octanol–water partition coefficient (Wildman–Crippen LogP) is 3.42. The van der Waals surface area contributed by atoms with Gasteiger partial charge in [-0.2, -0.15) is 0 Å². The Morgan fingerprint density at radius 2 is 2.16 bits per heavy atom. The van der Waals surface area contributed by atoms with E-state index in [0.717, 1.165) is 42.7 Å². The van der Waals surface area contributed by atoms with Gasteiger partial charge in [0.25, 0.3) is 5.91 Å². The third-order valence-corrected chi connectivity index (χ3v) is 4.72. The van der Waals surface area contributed by atoms with Gasteiger partial charge in [0.05, 0.1) is 4.88 Å². The molecule has 1 aliphatic rings. The fourth-order valence-electron chi connectivity index (χ4n) is 2.71. The lowest BCUT2D eigenvalue weighted by atomic mass is 10.0. The summed E-state index contributed by atoms with van der Waals surface area (Å²) in [5, 5.41) is 1.96. The highest BCUT2D eigenvalue weighted by Crippen LogP contribution is 2.25. The van der Waals surface area contributed by atoms with E-state index in [1.165, 1.54) is 11.3 Å². The standard InChI is InChI=1S/C15H21NO2S/c1-11-7-9-19-14(11)15(18)16-8-5-3-4-6-13(16)10-12(2)17/h7,9,13H,3-6,8,10H2,1-2H3. The van der Waals surface area contributed by atoms with Crippen LogP contribution in [0.15, 0.2) is 11.4 Å². The minimum atomic E-state index is 0.0917. The Kier molecular flexibility index (Phi) is 4.75. The number of hydrogen-bond acceptors (Lipinski definition) is 3. The van der Waals surface area contributed by atoms with Crippen LogP contribution in [0.4, 0.5) is 0 Å². The highest BCUT2D eigenvalue weighted by atomic mass is 32.1. The topological polar surface area (TPSA) is 37.4 Å². The van der Waals surface area contributed by atoms with Gasteiger partial charge in [0, 0.05) is 19.0 Å². The molecule has 1 saturated heterocycles. The van der Waals surface area contributed by atoms with Crippen molar-refractivity contribution in [1.29, 1.82) is 0 Å². The van der Waals surface area contributed by atoms with Crippen LogP contribution in [-0.2, 0) is 4.79 Å². The Labute approximate surface area is 118 Å². The minimum absolute atomic E-state index is 0.0917. The van der Waals surface area contributed by atoms with E-state index >= 15 is 0 Å². The van der Waals surface area contributed by atoms with Gasteiger partial charge in [0.1, 0.15) is 5.78 Å². The summed E-state index contributed by atoms with van der Waals surface area (Å²) in [4.78, 5) is 26.8. The Morgan fingerprint density at radius 1 is 1.37 bits per heavy atom. The third-order valence-electron chi connectivity index (χ3n) is 3.72. The van der Waals surface area contributed by atoms with E-state index in [9.17, 15) is 9.59 Å². The zero-order valence-corrected chi connectivity index (χ0v) is 12.5. The average Bonchev–Trinajstić information content (AvgIpc) is 2.64. The van der Waals surface area contributed by atoms with Crippen LogP contribution in [0, 0.1) is 6.92 Å². The first-order chi connectivity index (χ1) is 9.09. The molecule has 0 bridgehead atoms. The number of carbonyl (C=O) groups excluding carboxylic acids is 2. The molecular weight excluding hydrogens is 258 g/mol. The van der Waals surface area contributed by atoms with Gasteiger partial charge in [-0.1, -0.05) is 12.8 Å². The van der Waals surface area contributed by atoms with Crippen LogP contribution in [0.5, 0.6) is 0 Å². The van der Waals surface area contributed by atoms with Crippen molar-refractivity contribution in [3.8, 4) is 0 Å².